The van der Waals surface area contributed by atoms with Gasteiger partial charge >= 0.3 is 6.18 Å². The molecule has 0 aromatic heterocycles. The third kappa shape index (κ3) is 3.65. The summed E-state index contributed by atoms with van der Waals surface area (Å²) in [6.07, 6.45) is -4.23. The molecule has 0 unspecified atom stereocenters. The lowest BCUT2D eigenvalue weighted by Gasteiger charge is -2.26. The van der Waals surface area contributed by atoms with Crippen molar-refractivity contribution in [3.63, 3.8) is 0 Å². The van der Waals surface area contributed by atoms with Gasteiger partial charge in [0.2, 0.25) is 0 Å². The first kappa shape index (κ1) is 14.3. The van der Waals surface area contributed by atoms with E-state index in [1.54, 1.807) is 32.0 Å². The molecule has 0 saturated heterocycles. The van der Waals surface area contributed by atoms with E-state index in [4.69, 9.17) is 11.1 Å². The highest BCUT2D eigenvalue weighted by molar-refractivity contribution is 5.95. The van der Waals surface area contributed by atoms with Crippen molar-refractivity contribution in [2.45, 2.75) is 20.0 Å². The van der Waals surface area contributed by atoms with Gasteiger partial charge in [-0.1, -0.05) is 0 Å². The van der Waals surface area contributed by atoms with Crippen molar-refractivity contribution in [2.75, 3.05) is 18.0 Å². The molecule has 1 aromatic carbocycles. The molecule has 100 valence electrons. The van der Waals surface area contributed by atoms with Gasteiger partial charge in [-0.2, -0.15) is 13.2 Å². The zero-order chi connectivity index (χ0) is 13.9. The van der Waals surface area contributed by atoms with Gasteiger partial charge in [0.15, 0.2) is 0 Å². The van der Waals surface area contributed by atoms with Gasteiger partial charge in [-0.05, 0) is 37.6 Å². The molecular weight excluding hydrogens is 243 g/mol. The first-order valence-electron chi connectivity index (χ1n) is 5.51. The summed E-state index contributed by atoms with van der Waals surface area (Å²) >= 11 is 0. The largest absolute Gasteiger partial charge is 0.405 e. The molecule has 0 aliphatic rings. The van der Waals surface area contributed by atoms with E-state index in [0.717, 1.165) is 0 Å². The Labute approximate surface area is 104 Å². The average molecular weight is 259 g/mol. The van der Waals surface area contributed by atoms with Crippen LogP contribution in [0.15, 0.2) is 18.2 Å². The Morgan fingerprint density at radius 3 is 2.39 bits per heavy atom. The summed E-state index contributed by atoms with van der Waals surface area (Å²) in [6, 6.07) is 4.75. The second-order valence-corrected chi connectivity index (χ2v) is 4.04. The monoisotopic (exact) mass is 259 g/mol. The van der Waals surface area contributed by atoms with Crippen molar-refractivity contribution in [3.05, 3.63) is 29.3 Å². The number of benzene rings is 1. The van der Waals surface area contributed by atoms with Gasteiger partial charge in [-0.15, -0.1) is 0 Å². The molecule has 0 aliphatic heterocycles. The van der Waals surface area contributed by atoms with Gasteiger partial charge in [0.25, 0.3) is 0 Å². The van der Waals surface area contributed by atoms with Crippen LogP contribution >= 0.6 is 0 Å². The molecule has 1 rings (SSSR count). The number of alkyl halides is 3. The molecule has 3 N–H and O–H groups in total. The van der Waals surface area contributed by atoms with E-state index >= 15 is 0 Å². The van der Waals surface area contributed by atoms with E-state index in [0.29, 0.717) is 16.8 Å². The SMILES string of the molecule is CCN(CC(F)(F)F)c1ccc(C(=N)N)cc1C. The fraction of sp³-hybridized carbons (Fsp3) is 0.417. The van der Waals surface area contributed by atoms with Crippen molar-refractivity contribution in [1.82, 2.24) is 0 Å². The van der Waals surface area contributed by atoms with Crippen LogP contribution in [0, 0.1) is 12.3 Å². The molecule has 0 saturated carbocycles. The van der Waals surface area contributed by atoms with Crippen molar-refractivity contribution in [2.24, 2.45) is 5.73 Å². The summed E-state index contributed by atoms with van der Waals surface area (Å²) in [7, 11) is 0. The van der Waals surface area contributed by atoms with Crippen molar-refractivity contribution in [3.8, 4) is 0 Å². The second-order valence-electron chi connectivity index (χ2n) is 4.04. The lowest BCUT2D eigenvalue weighted by atomic mass is 10.1. The summed E-state index contributed by atoms with van der Waals surface area (Å²) in [5.74, 6) is -0.0940. The Kier molecular flexibility index (Phi) is 4.21. The first-order valence-corrected chi connectivity index (χ1v) is 5.51. The van der Waals surface area contributed by atoms with Gasteiger partial charge in [0.1, 0.15) is 12.4 Å². The fourth-order valence-corrected chi connectivity index (χ4v) is 1.76. The number of amidine groups is 1. The van der Waals surface area contributed by atoms with Gasteiger partial charge in [0.05, 0.1) is 0 Å². The van der Waals surface area contributed by atoms with Crippen LogP contribution in [0.4, 0.5) is 18.9 Å². The molecule has 1 aromatic rings. The Balaban J connectivity index is 3.04. The summed E-state index contributed by atoms with van der Waals surface area (Å²) in [5, 5.41) is 7.28. The van der Waals surface area contributed by atoms with Crippen molar-refractivity contribution in [1.29, 1.82) is 5.41 Å². The van der Waals surface area contributed by atoms with E-state index in [1.165, 1.54) is 4.90 Å². The molecule has 3 nitrogen and oxygen atoms in total. The van der Waals surface area contributed by atoms with Crippen molar-refractivity contribution >= 4 is 11.5 Å². The minimum absolute atomic E-state index is 0.0940. The average Bonchev–Trinajstić information content (AvgIpc) is 2.24. The maximum Gasteiger partial charge on any atom is 0.405 e. The normalized spacial score (nSPS) is 11.4. The quantitative estimate of drug-likeness (QED) is 0.645. The summed E-state index contributed by atoms with van der Waals surface area (Å²) in [5.41, 5.74) is 7.03. The maximum atomic E-state index is 12.4. The zero-order valence-corrected chi connectivity index (χ0v) is 10.3. The van der Waals surface area contributed by atoms with E-state index in [2.05, 4.69) is 0 Å². The van der Waals surface area contributed by atoms with E-state index in [9.17, 15) is 13.2 Å². The fourth-order valence-electron chi connectivity index (χ4n) is 1.76. The second kappa shape index (κ2) is 5.29. The molecule has 0 amide bonds. The molecule has 0 fully saturated rings. The van der Waals surface area contributed by atoms with Crippen molar-refractivity contribution < 1.29 is 13.2 Å². The Morgan fingerprint density at radius 2 is 2.00 bits per heavy atom. The third-order valence-electron chi connectivity index (χ3n) is 2.60. The van der Waals surface area contributed by atoms with Crippen LogP contribution in [0.25, 0.3) is 0 Å². The lowest BCUT2D eigenvalue weighted by Crippen LogP contribution is -2.34. The molecule has 6 heteroatoms. The number of halogens is 3. The number of aryl methyl sites for hydroxylation is 1. The number of nitrogens with one attached hydrogen (secondary N) is 1. The molecule has 0 aliphatic carbocycles. The first-order chi connectivity index (χ1) is 8.24. The van der Waals surface area contributed by atoms with E-state index in [-0.39, 0.29) is 12.4 Å². The zero-order valence-electron chi connectivity index (χ0n) is 10.3. The maximum absolute atomic E-state index is 12.4. The van der Waals surface area contributed by atoms with Crippen LogP contribution in [0.2, 0.25) is 0 Å². The third-order valence-corrected chi connectivity index (χ3v) is 2.60. The number of hydrogen-bond donors (Lipinski definition) is 2. The highest BCUT2D eigenvalue weighted by Gasteiger charge is 2.30. The Morgan fingerprint density at radius 1 is 1.39 bits per heavy atom. The highest BCUT2D eigenvalue weighted by atomic mass is 19.4. The number of nitrogens with zero attached hydrogens (tertiary/aromatic N) is 1. The summed E-state index contributed by atoms with van der Waals surface area (Å²) < 4.78 is 37.3. The van der Waals surface area contributed by atoms with Crippen LogP contribution in [-0.2, 0) is 0 Å². The standard InChI is InChI=1S/C12H16F3N3/c1-3-18(7-12(13,14)15)10-5-4-9(11(16)17)6-8(10)2/h4-6H,3,7H2,1-2H3,(H3,16,17). The number of nitrogen functional groups attached to an aromatic ring is 1. The van der Waals surface area contributed by atoms with Crippen LogP contribution < -0.4 is 10.6 Å². The van der Waals surface area contributed by atoms with Crippen LogP contribution in [-0.4, -0.2) is 25.1 Å². The van der Waals surface area contributed by atoms with E-state index in [1.807, 2.05) is 0 Å². The molecule has 18 heavy (non-hydrogen) atoms. The number of rotatable bonds is 4. The summed E-state index contributed by atoms with van der Waals surface area (Å²) in [4.78, 5) is 1.25. The molecule has 0 radical (unpaired) electrons. The van der Waals surface area contributed by atoms with Gasteiger partial charge in [0, 0.05) is 17.8 Å². The molecule has 0 spiro atoms. The van der Waals surface area contributed by atoms with Crippen LogP contribution in [0.3, 0.4) is 0 Å². The number of nitrogens with two attached hydrogens (primary N) is 1. The van der Waals surface area contributed by atoms with Crippen LogP contribution in [0.5, 0.6) is 0 Å². The lowest BCUT2D eigenvalue weighted by molar-refractivity contribution is -0.119. The minimum Gasteiger partial charge on any atom is -0.384 e. The predicted octanol–water partition coefficient (Wildman–Crippen LogP) is 2.67. The topological polar surface area (TPSA) is 53.1 Å². The van der Waals surface area contributed by atoms with Crippen LogP contribution in [0.1, 0.15) is 18.1 Å². The molecule has 0 atom stereocenters. The predicted molar refractivity (Wildman–Crippen MR) is 66.1 cm³/mol. The Bertz CT molecular complexity index is 441. The number of anilines is 1. The summed E-state index contributed by atoms with van der Waals surface area (Å²) in [6.45, 7) is 2.66. The molecular formula is C12H16F3N3. The smallest absolute Gasteiger partial charge is 0.384 e. The highest BCUT2D eigenvalue weighted by Crippen LogP contribution is 2.25. The van der Waals surface area contributed by atoms with Gasteiger partial charge in [-0.25, -0.2) is 0 Å². The molecule has 0 bridgehead atoms. The number of hydrogen-bond acceptors (Lipinski definition) is 2. The molecule has 0 heterocycles. The minimum atomic E-state index is -4.23. The van der Waals surface area contributed by atoms with Gasteiger partial charge < -0.3 is 10.6 Å². The van der Waals surface area contributed by atoms with E-state index < -0.39 is 12.7 Å². The van der Waals surface area contributed by atoms with Gasteiger partial charge in [-0.3, -0.25) is 5.41 Å². The Hall–Kier alpha value is -1.72.